The Morgan fingerprint density at radius 1 is 1.00 bits per heavy atom. The van der Waals surface area contributed by atoms with Crippen LogP contribution in [0.4, 0.5) is 0 Å². The smallest absolute Gasteiger partial charge is 0.240 e. The minimum Gasteiger partial charge on any atom is -0.497 e. The second-order valence-corrected chi connectivity index (χ2v) is 8.80. The van der Waals surface area contributed by atoms with E-state index in [2.05, 4.69) is 10.0 Å². The Morgan fingerprint density at radius 3 is 2.47 bits per heavy atom. The van der Waals surface area contributed by atoms with Crippen LogP contribution in [0.25, 0.3) is 0 Å². The Hall–Kier alpha value is -2.98. The molecule has 2 N–H and O–H groups in total. The van der Waals surface area contributed by atoms with E-state index in [0.717, 1.165) is 12.2 Å². The van der Waals surface area contributed by atoms with Crippen molar-refractivity contribution in [3.05, 3.63) is 42.5 Å². The van der Waals surface area contributed by atoms with Gasteiger partial charge in [0.2, 0.25) is 15.9 Å². The highest BCUT2D eigenvalue weighted by atomic mass is 32.2. The van der Waals surface area contributed by atoms with Gasteiger partial charge in [-0.3, -0.25) is 4.79 Å². The highest BCUT2D eigenvalue weighted by molar-refractivity contribution is 7.89. The summed E-state index contributed by atoms with van der Waals surface area (Å²) in [7, 11) is -2.11. The molecule has 0 spiro atoms. The molecular weight excluding hydrogens is 436 g/mol. The Bertz CT molecular complexity index is 994. The van der Waals surface area contributed by atoms with Gasteiger partial charge < -0.3 is 24.3 Å². The summed E-state index contributed by atoms with van der Waals surface area (Å²) >= 11 is 0. The van der Waals surface area contributed by atoms with Gasteiger partial charge >= 0.3 is 0 Å². The third-order valence-electron chi connectivity index (χ3n) is 4.65. The topological polar surface area (TPSA) is 112 Å². The number of carbonyl (C=O) groups is 1. The number of sulfonamides is 1. The van der Waals surface area contributed by atoms with Gasteiger partial charge in [-0.25, -0.2) is 13.1 Å². The maximum absolute atomic E-state index is 12.5. The van der Waals surface area contributed by atoms with Crippen LogP contribution in [0.1, 0.15) is 19.3 Å². The average molecular weight is 465 g/mol. The number of nitrogens with one attached hydrogen (secondary N) is 2. The zero-order valence-corrected chi connectivity index (χ0v) is 18.8. The Labute approximate surface area is 188 Å². The van der Waals surface area contributed by atoms with Crippen molar-refractivity contribution in [2.45, 2.75) is 24.2 Å². The van der Waals surface area contributed by atoms with Crippen molar-refractivity contribution in [3.8, 4) is 23.0 Å². The van der Waals surface area contributed by atoms with E-state index in [0.29, 0.717) is 50.0 Å². The normalized spacial score (nSPS) is 13.2. The summed E-state index contributed by atoms with van der Waals surface area (Å²) in [6.07, 6.45) is 1.31. The first kappa shape index (κ1) is 23.7. The highest BCUT2D eigenvalue weighted by Gasteiger charge is 2.18. The van der Waals surface area contributed by atoms with Crippen LogP contribution >= 0.6 is 0 Å². The third-order valence-corrected chi connectivity index (χ3v) is 6.11. The quantitative estimate of drug-likeness (QED) is 0.490. The molecule has 0 aliphatic carbocycles. The van der Waals surface area contributed by atoms with Crippen LogP contribution in [-0.2, 0) is 14.8 Å². The van der Waals surface area contributed by atoms with E-state index in [4.69, 9.17) is 18.9 Å². The van der Waals surface area contributed by atoms with Crippen molar-refractivity contribution in [2.75, 3.05) is 40.0 Å². The molecule has 0 unspecified atom stereocenters. The molecule has 1 aliphatic heterocycles. The van der Waals surface area contributed by atoms with Crippen molar-refractivity contribution < 1.29 is 32.2 Å². The molecule has 0 saturated carbocycles. The summed E-state index contributed by atoms with van der Waals surface area (Å²) in [5, 5.41) is 2.75. The summed E-state index contributed by atoms with van der Waals surface area (Å²) in [5.74, 6) is 2.21. The molecule has 0 atom stereocenters. The van der Waals surface area contributed by atoms with Gasteiger partial charge in [0.15, 0.2) is 11.5 Å². The zero-order chi connectivity index (χ0) is 22.8. The standard InChI is InChI=1S/C22H28N2O7S/c1-28-17-5-7-18(8-6-17)29-15-12-23-22(25)4-2-11-24-32(26,27)19-9-10-20-21(16-19)31-14-3-13-30-20/h5-10,16,24H,2-4,11-15H2,1H3,(H,23,25). The van der Waals surface area contributed by atoms with E-state index < -0.39 is 10.0 Å². The number of carbonyl (C=O) groups excluding carboxylic acids is 1. The minimum atomic E-state index is -3.71. The molecule has 1 amide bonds. The van der Waals surface area contributed by atoms with Crippen LogP contribution in [0.15, 0.2) is 47.4 Å². The fourth-order valence-electron chi connectivity index (χ4n) is 2.97. The lowest BCUT2D eigenvalue weighted by molar-refractivity contribution is -0.121. The molecule has 0 fully saturated rings. The molecule has 32 heavy (non-hydrogen) atoms. The Morgan fingerprint density at radius 2 is 1.72 bits per heavy atom. The van der Waals surface area contributed by atoms with E-state index in [-0.39, 0.29) is 23.8 Å². The average Bonchev–Trinajstić information content (AvgIpc) is 3.05. The Balaban J connectivity index is 1.34. The maximum atomic E-state index is 12.5. The largest absolute Gasteiger partial charge is 0.497 e. The van der Waals surface area contributed by atoms with Crippen molar-refractivity contribution in [1.29, 1.82) is 0 Å². The van der Waals surface area contributed by atoms with Gasteiger partial charge in [-0.1, -0.05) is 0 Å². The first-order valence-electron chi connectivity index (χ1n) is 10.4. The molecular formula is C22H28N2O7S. The molecule has 1 heterocycles. The van der Waals surface area contributed by atoms with E-state index >= 15 is 0 Å². The van der Waals surface area contributed by atoms with Crippen molar-refractivity contribution >= 4 is 15.9 Å². The summed E-state index contributed by atoms with van der Waals surface area (Å²) in [4.78, 5) is 12.0. The van der Waals surface area contributed by atoms with Crippen molar-refractivity contribution in [3.63, 3.8) is 0 Å². The number of benzene rings is 2. The van der Waals surface area contributed by atoms with Gasteiger partial charge in [0.25, 0.3) is 0 Å². The van der Waals surface area contributed by atoms with Crippen LogP contribution in [0.5, 0.6) is 23.0 Å². The molecule has 0 bridgehead atoms. The molecule has 3 rings (SSSR count). The van der Waals surface area contributed by atoms with Gasteiger partial charge in [-0.15, -0.1) is 0 Å². The molecule has 2 aromatic carbocycles. The molecule has 0 saturated heterocycles. The molecule has 0 aromatic heterocycles. The molecule has 0 radical (unpaired) electrons. The number of hydrogen-bond acceptors (Lipinski definition) is 7. The molecule has 174 valence electrons. The SMILES string of the molecule is COc1ccc(OCCNC(=O)CCCNS(=O)(=O)c2ccc3c(c2)OCCCO3)cc1. The van der Waals surface area contributed by atoms with Crippen molar-refractivity contribution in [2.24, 2.45) is 0 Å². The van der Waals surface area contributed by atoms with Crippen LogP contribution in [-0.4, -0.2) is 54.3 Å². The van der Waals surface area contributed by atoms with Crippen LogP contribution in [0, 0.1) is 0 Å². The van der Waals surface area contributed by atoms with Gasteiger partial charge in [-0.05, 0) is 42.8 Å². The first-order chi connectivity index (χ1) is 15.5. The third kappa shape index (κ3) is 7.03. The molecule has 9 nitrogen and oxygen atoms in total. The lowest BCUT2D eigenvalue weighted by atomic mass is 10.3. The van der Waals surface area contributed by atoms with Crippen molar-refractivity contribution in [1.82, 2.24) is 10.0 Å². The van der Waals surface area contributed by atoms with Gasteiger partial charge in [0.05, 0.1) is 31.8 Å². The van der Waals surface area contributed by atoms with Crippen LogP contribution < -0.4 is 29.0 Å². The van der Waals surface area contributed by atoms with Gasteiger partial charge in [0.1, 0.15) is 18.1 Å². The van der Waals surface area contributed by atoms with E-state index in [9.17, 15) is 13.2 Å². The first-order valence-corrected chi connectivity index (χ1v) is 11.9. The Kier molecular flexibility index (Phi) is 8.57. The lowest BCUT2D eigenvalue weighted by Crippen LogP contribution is -2.30. The fraction of sp³-hybridized carbons (Fsp3) is 0.409. The predicted molar refractivity (Wildman–Crippen MR) is 118 cm³/mol. The second kappa shape index (κ2) is 11.6. The number of ether oxygens (including phenoxy) is 4. The van der Waals surface area contributed by atoms with Gasteiger partial charge in [-0.2, -0.15) is 0 Å². The number of methoxy groups -OCH3 is 1. The van der Waals surface area contributed by atoms with E-state index in [1.807, 2.05) is 0 Å². The second-order valence-electron chi connectivity index (χ2n) is 7.03. The number of amides is 1. The molecule has 10 heteroatoms. The van der Waals surface area contributed by atoms with E-state index in [1.165, 1.54) is 12.1 Å². The zero-order valence-electron chi connectivity index (χ0n) is 18.0. The summed E-state index contributed by atoms with van der Waals surface area (Å²) in [6, 6.07) is 11.7. The van der Waals surface area contributed by atoms with Crippen LogP contribution in [0.2, 0.25) is 0 Å². The molecule has 1 aliphatic rings. The molecule has 2 aromatic rings. The summed E-state index contributed by atoms with van der Waals surface area (Å²) in [5.41, 5.74) is 0. The fourth-order valence-corrected chi connectivity index (χ4v) is 4.06. The highest BCUT2D eigenvalue weighted by Crippen LogP contribution is 2.31. The summed E-state index contributed by atoms with van der Waals surface area (Å²) < 4.78 is 49.2. The van der Waals surface area contributed by atoms with Crippen LogP contribution in [0.3, 0.4) is 0 Å². The monoisotopic (exact) mass is 464 g/mol. The number of hydrogen-bond donors (Lipinski definition) is 2. The summed E-state index contributed by atoms with van der Waals surface area (Å²) in [6.45, 7) is 1.84. The number of fused-ring (bicyclic) bond motifs is 1. The lowest BCUT2D eigenvalue weighted by Gasteiger charge is -2.11. The number of rotatable bonds is 11. The minimum absolute atomic E-state index is 0.0990. The predicted octanol–water partition coefficient (Wildman–Crippen LogP) is 2.11. The van der Waals surface area contributed by atoms with E-state index in [1.54, 1.807) is 37.4 Å². The maximum Gasteiger partial charge on any atom is 0.240 e. The van der Waals surface area contributed by atoms with Gasteiger partial charge in [0, 0.05) is 25.5 Å².